The van der Waals surface area contributed by atoms with Crippen LogP contribution in [0.25, 0.3) is 0 Å². The van der Waals surface area contributed by atoms with Crippen molar-refractivity contribution in [1.29, 1.82) is 0 Å². The lowest BCUT2D eigenvalue weighted by molar-refractivity contribution is 0.102. The fraction of sp³-hybridized carbons (Fsp3) is 0.333. The molecular formula is C15H16FN3OS. The standard InChI is InChI=1S/C15H16FN3OS/c1-8-3-2-4-10(13(8)16)14(20)19-15-18-11-6-5-9(17)7-12(11)21-15/h2-4,9H,5-7,17H2,1H3,(H,18,19,20)/t9-/m0/s1. The van der Waals surface area contributed by atoms with E-state index in [0.717, 1.165) is 29.8 Å². The van der Waals surface area contributed by atoms with Gasteiger partial charge in [0, 0.05) is 10.9 Å². The number of nitrogens with one attached hydrogen (secondary N) is 1. The predicted molar refractivity (Wildman–Crippen MR) is 81.2 cm³/mol. The Kier molecular flexibility index (Phi) is 3.73. The van der Waals surface area contributed by atoms with Crippen LogP contribution in [0.3, 0.4) is 0 Å². The molecule has 1 aromatic carbocycles. The van der Waals surface area contributed by atoms with Crippen LogP contribution in [0.2, 0.25) is 0 Å². The summed E-state index contributed by atoms with van der Waals surface area (Å²) in [4.78, 5) is 17.7. The monoisotopic (exact) mass is 305 g/mol. The summed E-state index contributed by atoms with van der Waals surface area (Å²) in [6, 6.07) is 4.94. The molecule has 3 rings (SSSR count). The van der Waals surface area contributed by atoms with E-state index in [4.69, 9.17) is 5.73 Å². The van der Waals surface area contributed by atoms with Crippen molar-refractivity contribution in [1.82, 2.24) is 4.98 Å². The molecule has 4 nitrogen and oxygen atoms in total. The number of amides is 1. The molecule has 110 valence electrons. The molecule has 1 amide bonds. The number of hydrogen-bond donors (Lipinski definition) is 2. The number of aryl methyl sites for hydroxylation is 2. The lowest BCUT2D eigenvalue weighted by Crippen LogP contribution is -2.27. The van der Waals surface area contributed by atoms with Gasteiger partial charge in [-0.2, -0.15) is 0 Å². The maximum Gasteiger partial charge on any atom is 0.260 e. The van der Waals surface area contributed by atoms with Gasteiger partial charge in [-0.05, 0) is 37.8 Å². The SMILES string of the molecule is Cc1cccc(C(=O)Nc2nc3c(s2)C[C@@H](N)CC3)c1F. The first-order chi connectivity index (χ1) is 10.0. The number of benzene rings is 1. The van der Waals surface area contributed by atoms with Crippen molar-refractivity contribution in [2.75, 3.05) is 5.32 Å². The Morgan fingerprint density at radius 2 is 2.33 bits per heavy atom. The maximum atomic E-state index is 13.9. The molecule has 0 aliphatic heterocycles. The van der Waals surface area contributed by atoms with Crippen LogP contribution in [0.15, 0.2) is 18.2 Å². The molecule has 2 aromatic rings. The van der Waals surface area contributed by atoms with Gasteiger partial charge in [0.25, 0.3) is 5.91 Å². The van der Waals surface area contributed by atoms with Crippen molar-refractivity contribution < 1.29 is 9.18 Å². The number of hydrogen-bond acceptors (Lipinski definition) is 4. The molecule has 6 heteroatoms. The summed E-state index contributed by atoms with van der Waals surface area (Å²) in [5, 5.41) is 3.20. The molecule has 1 aliphatic carbocycles. The first kappa shape index (κ1) is 14.2. The molecule has 1 atom stereocenters. The first-order valence-electron chi connectivity index (χ1n) is 6.85. The van der Waals surface area contributed by atoms with Gasteiger partial charge < -0.3 is 5.73 Å². The fourth-order valence-corrected chi connectivity index (χ4v) is 3.54. The highest BCUT2D eigenvalue weighted by Crippen LogP contribution is 2.29. The van der Waals surface area contributed by atoms with E-state index in [1.807, 2.05) is 0 Å². The van der Waals surface area contributed by atoms with Gasteiger partial charge in [0.05, 0.1) is 11.3 Å². The summed E-state index contributed by atoms with van der Waals surface area (Å²) in [6.45, 7) is 1.63. The molecule has 3 N–H and O–H groups in total. The quantitative estimate of drug-likeness (QED) is 0.896. The number of carbonyl (C=O) groups excluding carboxylic acids is 1. The molecule has 1 aromatic heterocycles. The fourth-order valence-electron chi connectivity index (χ4n) is 2.44. The van der Waals surface area contributed by atoms with Crippen molar-refractivity contribution in [2.24, 2.45) is 5.73 Å². The van der Waals surface area contributed by atoms with Crippen molar-refractivity contribution in [3.05, 3.63) is 45.7 Å². The number of nitrogens with zero attached hydrogens (tertiary/aromatic N) is 1. The van der Waals surface area contributed by atoms with Crippen molar-refractivity contribution >= 4 is 22.4 Å². The van der Waals surface area contributed by atoms with Gasteiger partial charge in [-0.1, -0.05) is 12.1 Å². The average molecular weight is 305 g/mol. The number of thiazole rings is 1. The van der Waals surface area contributed by atoms with E-state index in [1.165, 1.54) is 17.4 Å². The second-order valence-electron chi connectivity index (χ2n) is 5.28. The third-order valence-corrected chi connectivity index (χ3v) is 4.67. The molecule has 21 heavy (non-hydrogen) atoms. The summed E-state index contributed by atoms with van der Waals surface area (Å²) < 4.78 is 13.9. The topological polar surface area (TPSA) is 68.0 Å². The van der Waals surface area contributed by atoms with Gasteiger partial charge in [-0.15, -0.1) is 11.3 Å². The number of carbonyl (C=O) groups is 1. The van der Waals surface area contributed by atoms with Gasteiger partial charge in [-0.3, -0.25) is 10.1 Å². The second kappa shape index (κ2) is 5.54. The Morgan fingerprint density at radius 1 is 1.52 bits per heavy atom. The van der Waals surface area contributed by atoms with Crippen LogP contribution in [-0.2, 0) is 12.8 Å². The van der Waals surface area contributed by atoms with Gasteiger partial charge in [0.1, 0.15) is 5.82 Å². The van der Waals surface area contributed by atoms with Crippen LogP contribution >= 0.6 is 11.3 Å². The molecule has 1 heterocycles. The number of nitrogens with two attached hydrogens (primary N) is 1. The van der Waals surface area contributed by atoms with E-state index in [1.54, 1.807) is 19.1 Å². The number of anilines is 1. The summed E-state index contributed by atoms with van der Waals surface area (Å²) in [5.41, 5.74) is 7.42. The molecular weight excluding hydrogens is 289 g/mol. The Morgan fingerprint density at radius 3 is 3.14 bits per heavy atom. The minimum Gasteiger partial charge on any atom is -0.327 e. The Labute approximate surface area is 126 Å². The molecule has 0 unspecified atom stereocenters. The summed E-state index contributed by atoms with van der Waals surface area (Å²) in [7, 11) is 0. The number of fused-ring (bicyclic) bond motifs is 1. The maximum absolute atomic E-state index is 13.9. The normalized spacial score (nSPS) is 17.4. The molecule has 0 fully saturated rings. The van der Waals surface area contributed by atoms with E-state index < -0.39 is 11.7 Å². The average Bonchev–Trinajstić information content (AvgIpc) is 2.83. The van der Waals surface area contributed by atoms with Gasteiger partial charge in [0.2, 0.25) is 0 Å². The van der Waals surface area contributed by atoms with Crippen molar-refractivity contribution in [3.63, 3.8) is 0 Å². The van der Waals surface area contributed by atoms with E-state index in [2.05, 4.69) is 10.3 Å². The second-order valence-corrected chi connectivity index (χ2v) is 6.37. The van der Waals surface area contributed by atoms with Crippen molar-refractivity contribution in [2.45, 2.75) is 32.2 Å². The van der Waals surface area contributed by atoms with E-state index in [9.17, 15) is 9.18 Å². The van der Waals surface area contributed by atoms with Crippen LogP contribution in [0, 0.1) is 12.7 Å². The molecule has 0 spiro atoms. The van der Waals surface area contributed by atoms with Gasteiger partial charge in [0.15, 0.2) is 5.13 Å². The zero-order valence-electron chi connectivity index (χ0n) is 11.6. The van der Waals surface area contributed by atoms with Gasteiger partial charge >= 0.3 is 0 Å². The van der Waals surface area contributed by atoms with E-state index in [0.29, 0.717) is 10.7 Å². The molecule has 0 saturated heterocycles. The van der Waals surface area contributed by atoms with E-state index >= 15 is 0 Å². The zero-order valence-corrected chi connectivity index (χ0v) is 12.5. The third kappa shape index (κ3) is 2.82. The van der Waals surface area contributed by atoms with E-state index in [-0.39, 0.29) is 11.6 Å². The molecule has 0 bridgehead atoms. The highest BCUT2D eigenvalue weighted by molar-refractivity contribution is 7.15. The number of rotatable bonds is 2. The Bertz CT molecular complexity index is 698. The summed E-state index contributed by atoms with van der Waals surface area (Å²) >= 11 is 1.43. The Balaban J connectivity index is 1.81. The van der Waals surface area contributed by atoms with Crippen molar-refractivity contribution in [3.8, 4) is 0 Å². The molecule has 1 aliphatic rings. The largest absolute Gasteiger partial charge is 0.327 e. The number of halogens is 1. The third-order valence-electron chi connectivity index (χ3n) is 3.63. The molecule has 0 radical (unpaired) electrons. The van der Waals surface area contributed by atoms with Crippen LogP contribution in [0.1, 0.15) is 32.9 Å². The van der Waals surface area contributed by atoms with Crippen LogP contribution < -0.4 is 11.1 Å². The Hall–Kier alpha value is -1.79. The molecule has 0 saturated carbocycles. The minimum absolute atomic E-state index is 0.0415. The van der Waals surface area contributed by atoms with Crippen LogP contribution in [0.4, 0.5) is 9.52 Å². The predicted octanol–water partition coefficient (Wildman–Crippen LogP) is 2.66. The van der Waals surface area contributed by atoms with Crippen LogP contribution in [0.5, 0.6) is 0 Å². The minimum atomic E-state index is -0.488. The highest BCUT2D eigenvalue weighted by Gasteiger charge is 2.21. The lowest BCUT2D eigenvalue weighted by Gasteiger charge is -2.15. The first-order valence-corrected chi connectivity index (χ1v) is 7.67. The highest BCUT2D eigenvalue weighted by atomic mass is 32.1. The number of aromatic nitrogens is 1. The summed E-state index contributed by atoms with van der Waals surface area (Å²) in [5.74, 6) is -0.954. The smallest absolute Gasteiger partial charge is 0.260 e. The summed E-state index contributed by atoms with van der Waals surface area (Å²) in [6.07, 6.45) is 2.54. The lowest BCUT2D eigenvalue weighted by atomic mass is 9.99. The van der Waals surface area contributed by atoms with Gasteiger partial charge in [-0.25, -0.2) is 9.37 Å². The van der Waals surface area contributed by atoms with Crippen LogP contribution in [-0.4, -0.2) is 16.9 Å². The zero-order chi connectivity index (χ0) is 15.0.